The van der Waals surface area contributed by atoms with E-state index in [1.54, 1.807) is 0 Å². The molecule has 1 aromatic carbocycles. The van der Waals surface area contributed by atoms with Crippen molar-refractivity contribution in [2.45, 2.75) is 57.6 Å². The summed E-state index contributed by atoms with van der Waals surface area (Å²) in [6.07, 6.45) is 4.82. The maximum absolute atomic E-state index is 10.5. The van der Waals surface area contributed by atoms with E-state index in [4.69, 9.17) is 4.74 Å². The highest BCUT2D eigenvalue weighted by molar-refractivity contribution is 5.35. The van der Waals surface area contributed by atoms with E-state index in [-0.39, 0.29) is 0 Å². The van der Waals surface area contributed by atoms with E-state index < -0.39 is 6.10 Å². The molecule has 0 radical (unpaired) electrons. The van der Waals surface area contributed by atoms with Crippen LogP contribution in [0.3, 0.4) is 0 Å². The lowest BCUT2D eigenvalue weighted by Gasteiger charge is -2.38. The molecule has 2 saturated heterocycles. The second-order valence-corrected chi connectivity index (χ2v) is 7.96. The Morgan fingerprint density at radius 1 is 1.12 bits per heavy atom. The lowest BCUT2D eigenvalue weighted by atomic mass is 10.0. The van der Waals surface area contributed by atoms with Gasteiger partial charge in [0.25, 0.3) is 0 Å². The fraction of sp³-hybridized carbons (Fsp3) is 0.714. The summed E-state index contributed by atoms with van der Waals surface area (Å²) in [6, 6.07) is 8.85. The summed E-state index contributed by atoms with van der Waals surface area (Å²) in [5.41, 5.74) is 1.21. The summed E-state index contributed by atoms with van der Waals surface area (Å²) in [4.78, 5) is 5.07. The molecule has 1 aromatic rings. The van der Waals surface area contributed by atoms with E-state index in [9.17, 15) is 5.11 Å². The molecule has 1 N–H and O–H groups in total. The second kappa shape index (κ2) is 9.02. The van der Waals surface area contributed by atoms with E-state index in [1.165, 1.54) is 44.3 Å². The molecule has 0 amide bonds. The van der Waals surface area contributed by atoms with Crippen molar-refractivity contribution in [3.05, 3.63) is 29.8 Å². The maximum atomic E-state index is 10.5. The molecule has 2 aliphatic heterocycles. The Morgan fingerprint density at radius 3 is 2.64 bits per heavy atom. The Labute approximate surface area is 152 Å². The summed E-state index contributed by atoms with van der Waals surface area (Å²) in [5.74, 6) is 1.33. The fourth-order valence-corrected chi connectivity index (χ4v) is 4.23. The van der Waals surface area contributed by atoms with Gasteiger partial charge in [-0.1, -0.05) is 32.0 Å². The Hall–Kier alpha value is -1.10. The van der Waals surface area contributed by atoms with Gasteiger partial charge >= 0.3 is 0 Å². The van der Waals surface area contributed by atoms with Gasteiger partial charge in [-0.25, -0.2) is 0 Å². The molecule has 3 rings (SSSR count). The van der Waals surface area contributed by atoms with E-state index in [0.717, 1.165) is 18.8 Å². The van der Waals surface area contributed by atoms with E-state index >= 15 is 0 Å². The quantitative estimate of drug-likeness (QED) is 0.823. The van der Waals surface area contributed by atoms with Crippen LogP contribution in [-0.2, 0) is 0 Å². The molecule has 0 aliphatic carbocycles. The first-order valence-corrected chi connectivity index (χ1v) is 9.99. The summed E-state index contributed by atoms with van der Waals surface area (Å²) in [5, 5.41) is 10.5. The molecule has 140 valence electrons. The molecule has 2 atom stereocenters. The zero-order valence-corrected chi connectivity index (χ0v) is 15.9. The highest BCUT2D eigenvalue weighted by atomic mass is 16.5. The van der Waals surface area contributed by atoms with Crippen LogP contribution in [-0.4, -0.2) is 66.4 Å². The molecule has 4 nitrogen and oxygen atoms in total. The Kier molecular flexibility index (Phi) is 6.74. The largest absolute Gasteiger partial charge is 0.491 e. The van der Waals surface area contributed by atoms with Crippen molar-refractivity contribution in [2.75, 3.05) is 39.3 Å². The van der Waals surface area contributed by atoms with E-state index in [1.807, 2.05) is 18.2 Å². The Bertz CT molecular complexity index is 528. The van der Waals surface area contributed by atoms with Crippen molar-refractivity contribution < 1.29 is 9.84 Å². The molecule has 25 heavy (non-hydrogen) atoms. The van der Waals surface area contributed by atoms with Crippen molar-refractivity contribution in [2.24, 2.45) is 0 Å². The average molecular weight is 347 g/mol. The standard InChI is InChI=1S/C21H34N2O2/c1-17(2)20-9-3-4-10-21(20)25-16-19(24)15-22-11-7-8-18(14-22)23-12-5-6-13-23/h3-4,9-10,17-19,24H,5-8,11-16H2,1-2H3. The number of para-hydroxylation sites is 1. The number of rotatable bonds is 7. The van der Waals surface area contributed by atoms with Crippen LogP contribution in [0.25, 0.3) is 0 Å². The summed E-state index contributed by atoms with van der Waals surface area (Å²) >= 11 is 0. The van der Waals surface area contributed by atoms with Crippen LogP contribution >= 0.6 is 0 Å². The molecule has 2 fully saturated rings. The molecule has 0 spiro atoms. The van der Waals surface area contributed by atoms with Crippen molar-refractivity contribution in [1.29, 1.82) is 0 Å². The first-order valence-electron chi connectivity index (χ1n) is 9.99. The number of hydrogen-bond donors (Lipinski definition) is 1. The van der Waals surface area contributed by atoms with E-state index in [2.05, 4.69) is 29.7 Å². The number of hydrogen-bond acceptors (Lipinski definition) is 4. The van der Waals surface area contributed by atoms with Crippen LogP contribution in [0.2, 0.25) is 0 Å². The zero-order valence-electron chi connectivity index (χ0n) is 15.9. The van der Waals surface area contributed by atoms with Crippen molar-refractivity contribution >= 4 is 0 Å². The zero-order chi connectivity index (χ0) is 17.6. The number of nitrogens with zero attached hydrogens (tertiary/aromatic N) is 2. The van der Waals surface area contributed by atoms with Crippen molar-refractivity contribution in [1.82, 2.24) is 9.80 Å². The molecule has 2 heterocycles. The van der Waals surface area contributed by atoms with Crippen LogP contribution in [0.4, 0.5) is 0 Å². The van der Waals surface area contributed by atoms with Gasteiger partial charge in [-0.15, -0.1) is 0 Å². The first kappa shape index (κ1) is 18.7. The van der Waals surface area contributed by atoms with Gasteiger partial charge in [0.15, 0.2) is 0 Å². The van der Waals surface area contributed by atoms with Gasteiger partial charge in [-0.05, 0) is 62.9 Å². The number of aliphatic hydroxyl groups is 1. The van der Waals surface area contributed by atoms with Crippen molar-refractivity contribution in [3.63, 3.8) is 0 Å². The SMILES string of the molecule is CC(C)c1ccccc1OCC(O)CN1CCCC(N2CCCC2)C1. The summed E-state index contributed by atoms with van der Waals surface area (Å²) in [6.45, 7) is 10.1. The summed E-state index contributed by atoms with van der Waals surface area (Å²) in [7, 11) is 0. The monoisotopic (exact) mass is 346 g/mol. The minimum atomic E-state index is -0.433. The molecule has 0 saturated carbocycles. The van der Waals surface area contributed by atoms with Gasteiger partial charge in [-0.3, -0.25) is 9.80 Å². The minimum Gasteiger partial charge on any atom is -0.491 e. The highest BCUT2D eigenvalue weighted by Gasteiger charge is 2.28. The molecule has 2 aliphatic rings. The maximum Gasteiger partial charge on any atom is 0.122 e. The molecule has 4 heteroatoms. The topological polar surface area (TPSA) is 35.9 Å². The van der Waals surface area contributed by atoms with Gasteiger partial charge in [0, 0.05) is 19.1 Å². The number of ether oxygens (including phenoxy) is 1. The lowest BCUT2D eigenvalue weighted by Crippen LogP contribution is -2.49. The molecule has 0 aromatic heterocycles. The predicted octanol–water partition coefficient (Wildman–Crippen LogP) is 3.11. The number of likely N-dealkylation sites (tertiary alicyclic amines) is 2. The normalized spacial score (nSPS) is 23.9. The number of aliphatic hydroxyl groups excluding tert-OH is 1. The van der Waals surface area contributed by atoms with Gasteiger partial charge in [-0.2, -0.15) is 0 Å². The summed E-state index contributed by atoms with van der Waals surface area (Å²) < 4.78 is 5.94. The Morgan fingerprint density at radius 2 is 1.88 bits per heavy atom. The molecule has 2 unspecified atom stereocenters. The van der Waals surface area contributed by atoms with Gasteiger partial charge in [0.1, 0.15) is 18.5 Å². The number of benzene rings is 1. The predicted molar refractivity (Wildman–Crippen MR) is 102 cm³/mol. The van der Waals surface area contributed by atoms with Crippen LogP contribution in [0.5, 0.6) is 5.75 Å². The third-order valence-electron chi connectivity index (χ3n) is 5.58. The van der Waals surface area contributed by atoms with Crippen LogP contribution in [0, 0.1) is 0 Å². The molecular formula is C21H34N2O2. The average Bonchev–Trinajstić information content (AvgIpc) is 3.15. The minimum absolute atomic E-state index is 0.370. The number of β-amino-alcohol motifs (C(OH)–C–C–N with tert-alkyl or cyclic N) is 1. The van der Waals surface area contributed by atoms with Crippen LogP contribution in [0.15, 0.2) is 24.3 Å². The molecule has 0 bridgehead atoms. The third kappa shape index (κ3) is 5.19. The first-order chi connectivity index (χ1) is 12.1. The number of piperidine rings is 1. The van der Waals surface area contributed by atoms with Gasteiger partial charge in [0.05, 0.1) is 0 Å². The molecular weight excluding hydrogens is 312 g/mol. The van der Waals surface area contributed by atoms with Crippen molar-refractivity contribution in [3.8, 4) is 5.75 Å². The smallest absolute Gasteiger partial charge is 0.122 e. The lowest BCUT2D eigenvalue weighted by molar-refractivity contribution is 0.0413. The van der Waals surface area contributed by atoms with Gasteiger partial charge < -0.3 is 9.84 Å². The van der Waals surface area contributed by atoms with Crippen LogP contribution < -0.4 is 4.74 Å². The Balaban J connectivity index is 1.46. The second-order valence-electron chi connectivity index (χ2n) is 7.96. The van der Waals surface area contributed by atoms with Gasteiger partial charge in [0.2, 0.25) is 0 Å². The fourth-order valence-electron chi connectivity index (χ4n) is 4.23. The van der Waals surface area contributed by atoms with E-state index in [0.29, 0.717) is 25.1 Å². The highest BCUT2D eigenvalue weighted by Crippen LogP contribution is 2.26. The van der Waals surface area contributed by atoms with Crippen LogP contribution in [0.1, 0.15) is 51.0 Å². The third-order valence-corrected chi connectivity index (χ3v) is 5.58.